The van der Waals surface area contributed by atoms with Crippen molar-refractivity contribution >= 4 is 5.91 Å². The van der Waals surface area contributed by atoms with Crippen LogP contribution in [0.4, 0.5) is 0 Å². The van der Waals surface area contributed by atoms with Crippen molar-refractivity contribution in [3.8, 4) is 0 Å². The Kier molecular flexibility index (Phi) is 6.60. The molecule has 2 atom stereocenters. The molecule has 0 saturated carbocycles. The van der Waals surface area contributed by atoms with Crippen molar-refractivity contribution in [1.29, 1.82) is 0 Å². The van der Waals surface area contributed by atoms with E-state index in [1.54, 1.807) is 0 Å². The Morgan fingerprint density at radius 2 is 1.88 bits per heavy atom. The van der Waals surface area contributed by atoms with Gasteiger partial charge in [-0.2, -0.15) is 0 Å². The van der Waals surface area contributed by atoms with Gasteiger partial charge >= 0.3 is 0 Å². The minimum Gasteiger partial charge on any atom is -0.380 e. The first-order chi connectivity index (χ1) is 7.26. The topological polar surface area (TPSA) is 50.4 Å². The molecule has 0 aromatic heterocycles. The van der Waals surface area contributed by atoms with E-state index in [2.05, 4.69) is 10.6 Å². The molecule has 0 rings (SSSR count). The van der Waals surface area contributed by atoms with E-state index >= 15 is 0 Å². The van der Waals surface area contributed by atoms with Gasteiger partial charge in [-0.1, -0.05) is 0 Å². The number of hydrogen-bond acceptors (Lipinski definition) is 3. The standard InChI is InChI=1S/C12H26N2O2/c1-7-16-8-9(2)13-10(3)11(15)14-12(4,5)6/h9-10,13H,7-8H2,1-6H3,(H,14,15). The Hall–Kier alpha value is -0.610. The minimum absolute atomic E-state index is 0.0239. The highest BCUT2D eigenvalue weighted by molar-refractivity contribution is 5.81. The van der Waals surface area contributed by atoms with Gasteiger partial charge in [0.05, 0.1) is 12.6 Å². The van der Waals surface area contributed by atoms with Crippen molar-refractivity contribution < 1.29 is 9.53 Å². The first kappa shape index (κ1) is 15.4. The number of ether oxygens (including phenoxy) is 1. The molecule has 0 radical (unpaired) electrons. The van der Waals surface area contributed by atoms with Gasteiger partial charge in [-0.25, -0.2) is 0 Å². The highest BCUT2D eigenvalue weighted by Crippen LogP contribution is 2.00. The maximum Gasteiger partial charge on any atom is 0.237 e. The van der Waals surface area contributed by atoms with Crippen molar-refractivity contribution in [3.05, 3.63) is 0 Å². The van der Waals surface area contributed by atoms with Crippen LogP contribution in [0.3, 0.4) is 0 Å². The van der Waals surface area contributed by atoms with E-state index in [1.807, 2.05) is 41.5 Å². The van der Waals surface area contributed by atoms with Crippen molar-refractivity contribution in [3.63, 3.8) is 0 Å². The normalized spacial score (nSPS) is 15.6. The monoisotopic (exact) mass is 230 g/mol. The summed E-state index contributed by atoms with van der Waals surface area (Å²) >= 11 is 0. The Bertz CT molecular complexity index is 212. The Morgan fingerprint density at radius 1 is 1.31 bits per heavy atom. The maximum absolute atomic E-state index is 11.8. The molecule has 1 amide bonds. The van der Waals surface area contributed by atoms with Gasteiger partial charge in [0.15, 0.2) is 0 Å². The zero-order valence-electron chi connectivity index (χ0n) is 11.4. The second-order valence-corrected chi connectivity index (χ2v) is 5.19. The van der Waals surface area contributed by atoms with E-state index in [9.17, 15) is 4.79 Å². The number of carbonyl (C=O) groups is 1. The molecule has 0 aliphatic carbocycles. The third-order valence-corrected chi connectivity index (χ3v) is 2.00. The van der Waals surface area contributed by atoms with Crippen LogP contribution in [-0.4, -0.2) is 36.7 Å². The summed E-state index contributed by atoms with van der Waals surface area (Å²) in [5.74, 6) is 0.0239. The summed E-state index contributed by atoms with van der Waals surface area (Å²) in [6, 6.07) is -0.0182. The number of nitrogens with one attached hydrogen (secondary N) is 2. The van der Waals surface area contributed by atoms with E-state index in [-0.39, 0.29) is 23.5 Å². The van der Waals surface area contributed by atoms with Crippen LogP contribution in [-0.2, 0) is 9.53 Å². The Balaban J connectivity index is 3.95. The molecule has 0 fully saturated rings. The fourth-order valence-corrected chi connectivity index (χ4v) is 1.32. The van der Waals surface area contributed by atoms with Crippen molar-refractivity contribution in [2.45, 2.75) is 59.2 Å². The quantitative estimate of drug-likeness (QED) is 0.723. The van der Waals surface area contributed by atoms with E-state index in [0.29, 0.717) is 13.2 Å². The van der Waals surface area contributed by atoms with Crippen LogP contribution < -0.4 is 10.6 Å². The van der Waals surface area contributed by atoms with Crippen LogP contribution >= 0.6 is 0 Å². The van der Waals surface area contributed by atoms with Crippen molar-refractivity contribution in [2.75, 3.05) is 13.2 Å². The highest BCUT2D eigenvalue weighted by Gasteiger charge is 2.20. The minimum atomic E-state index is -0.199. The smallest absolute Gasteiger partial charge is 0.237 e. The second-order valence-electron chi connectivity index (χ2n) is 5.19. The van der Waals surface area contributed by atoms with Gasteiger partial charge < -0.3 is 15.4 Å². The lowest BCUT2D eigenvalue weighted by Crippen LogP contribution is -2.52. The molecule has 0 aromatic rings. The molecule has 0 saturated heterocycles. The third kappa shape index (κ3) is 7.65. The molecule has 0 aromatic carbocycles. The van der Waals surface area contributed by atoms with Gasteiger partial charge in [0.25, 0.3) is 0 Å². The summed E-state index contributed by atoms with van der Waals surface area (Å²) in [6.07, 6.45) is 0. The van der Waals surface area contributed by atoms with Crippen LogP contribution in [0.2, 0.25) is 0 Å². The van der Waals surface area contributed by atoms with Gasteiger partial charge in [-0.05, 0) is 41.5 Å². The average Bonchev–Trinajstić information content (AvgIpc) is 2.11. The molecule has 4 heteroatoms. The lowest BCUT2D eigenvalue weighted by molar-refractivity contribution is -0.124. The third-order valence-electron chi connectivity index (χ3n) is 2.00. The molecular formula is C12H26N2O2. The summed E-state index contributed by atoms with van der Waals surface area (Å²) in [6.45, 7) is 13.1. The lowest BCUT2D eigenvalue weighted by atomic mass is 10.1. The first-order valence-electron chi connectivity index (χ1n) is 5.92. The predicted octanol–water partition coefficient (Wildman–Crippen LogP) is 1.30. The van der Waals surface area contributed by atoms with Gasteiger partial charge in [-0.15, -0.1) is 0 Å². The average molecular weight is 230 g/mol. The van der Waals surface area contributed by atoms with E-state index < -0.39 is 0 Å². The summed E-state index contributed by atoms with van der Waals surface area (Å²) in [5.41, 5.74) is -0.184. The summed E-state index contributed by atoms with van der Waals surface area (Å²) < 4.78 is 5.28. The zero-order valence-corrected chi connectivity index (χ0v) is 11.4. The molecule has 2 unspecified atom stereocenters. The molecule has 16 heavy (non-hydrogen) atoms. The molecular weight excluding hydrogens is 204 g/mol. The molecule has 0 aliphatic rings. The van der Waals surface area contributed by atoms with Crippen molar-refractivity contribution in [1.82, 2.24) is 10.6 Å². The first-order valence-corrected chi connectivity index (χ1v) is 5.92. The van der Waals surface area contributed by atoms with Crippen LogP contribution in [0.15, 0.2) is 0 Å². The highest BCUT2D eigenvalue weighted by atomic mass is 16.5. The lowest BCUT2D eigenvalue weighted by Gasteiger charge is -2.25. The van der Waals surface area contributed by atoms with E-state index in [1.165, 1.54) is 0 Å². The van der Waals surface area contributed by atoms with Crippen molar-refractivity contribution in [2.24, 2.45) is 0 Å². The van der Waals surface area contributed by atoms with Crippen LogP contribution in [0, 0.1) is 0 Å². The number of amides is 1. The molecule has 0 heterocycles. The van der Waals surface area contributed by atoms with Gasteiger partial charge in [-0.3, -0.25) is 4.79 Å². The van der Waals surface area contributed by atoms with Crippen LogP contribution in [0.5, 0.6) is 0 Å². The Morgan fingerprint density at radius 3 is 2.31 bits per heavy atom. The number of rotatable bonds is 6. The zero-order chi connectivity index (χ0) is 12.8. The maximum atomic E-state index is 11.8. The van der Waals surface area contributed by atoms with E-state index in [0.717, 1.165) is 0 Å². The largest absolute Gasteiger partial charge is 0.380 e. The van der Waals surface area contributed by atoms with E-state index in [4.69, 9.17) is 4.74 Å². The van der Waals surface area contributed by atoms with Crippen LogP contribution in [0.1, 0.15) is 41.5 Å². The number of hydrogen-bond donors (Lipinski definition) is 2. The molecule has 4 nitrogen and oxygen atoms in total. The van der Waals surface area contributed by atoms with Gasteiger partial charge in [0, 0.05) is 18.2 Å². The Labute approximate surface area is 99.1 Å². The van der Waals surface area contributed by atoms with Crippen LogP contribution in [0.25, 0.3) is 0 Å². The molecule has 96 valence electrons. The number of carbonyl (C=O) groups excluding carboxylic acids is 1. The summed E-state index contributed by atoms with van der Waals surface area (Å²) in [5, 5.41) is 6.14. The molecule has 0 aliphatic heterocycles. The van der Waals surface area contributed by atoms with Gasteiger partial charge in [0.2, 0.25) is 5.91 Å². The summed E-state index contributed by atoms with van der Waals surface area (Å²) in [4.78, 5) is 11.8. The van der Waals surface area contributed by atoms with Gasteiger partial charge in [0.1, 0.15) is 0 Å². The fraction of sp³-hybridized carbons (Fsp3) is 0.917. The molecule has 2 N–H and O–H groups in total. The fourth-order valence-electron chi connectivity index (χ4n) is 1.32. The SMILES string of the molecule is CCOCC(C)NC(C)C(=O)NC(C)(C)C. The molecule has 0 spiro atoms. The predicted molar refractivity (Wildman–Crippen MR) is 66.4 cm³/mol. The summed E-state index contributed by atoms with van der Waals surface area (Å²) in [7, 11) is 0. The second kappa shape index (κ2) is 6.86. The molecule has 0 bridgehead atoms.